The van der Waals surface area contributed by atoms with Gasteiger partial charge in [-0.3, -0.25) is 4.79 Å². The van der Waals surface area contributed by atoms with Crippen LogP contribution in [0.1, 0.15) is 18.4 Å². The summed E-state index contributed by atoms with van der Waals surface area (Å²) in [5, 5.41) is 15.2. The van der Waals surface area contributed by atoms with E-state index in [0.29, 0.717) is 0 Å². The van der Waals surface area contributed by atoms with Crippen molar-refractivity contribution in [3.63, 3.8) is 0 Å². The number of nitrogens with one attached hydrogen (secondary N) is 1. The summed E-state index contributed by atoms with van der Waals surface area (Å²) < 4.78 is 2.79. The molecule has 152 valence electrons. The van der Waals surface area contributed by atoms with E-state index in [1.165, 1.54) is 16.6 Å². The van der Waals surface area contributed by atoms with Gasteiger partial charge in [-0.25, -0.2) is 9.67 Å². The summed E-state index contributed by atoms with van der Waals surface area (Å²) in [5.41, 5.74) is 3.92. The standard InChI is InChI=1S/C21H21N7OS/c1-14-2-7-18-19(12-14)30-21(24-18)27-10-8-15(9-11-27)20(29)23-16-3-5-17(6-4-16)28-13-22-25-26-28/h2-7,12-13,15H,8-11H2,1H3,(H,23,29). The van der Waals surface area contributed by atoms with Crippen molar-refractivity contribution >= 4 is 38.3 Å². The number of tetrazole rings is 1. The van der Waals surface area contributed by atoms with Gasteiger partial charge in [0.1, 0.15) is 6.33 Å². The lowest BCUT2D eigenvalue weighted by Crippen LogP contribution is -2.38. The third kappa shape index (κ3) is 3.76. The molecule has 1 N–H and O–H groups in total. The van der Waals surface area contributed by atoms with Crippen molar-refractivity contribution in [3.05, 3.63) is 54.4 Å². The van der Waals surface area contributed by atoms with E-state index in [0.717, 1.165) is 48.0 Å². The van der Waals surface area contributed by atoms with Gasteiger partial charge in [-0.1, -0.05) is 17.4 Å². The van der Waals surface area contributed by atoms with Gasteiger partial charge in [-0.15, -0.1) is 5.10 Å². The second kappa shape index (κ2) is 7.83. The van der Waals surface area contributed by atoms with Crippen LogP contribution in [0.3, 0.4) is 0 Å². The summed E-state index contributed by atoms with van der Waals surface area (Å²) in [6.07, 6.45) is 3.18. The first-order valence-electron chi connectivity index (χ1n) is 9.92. The lowest BCUT2D eigenvalue weighted by molar-refractivity contribution is -0.120. The first kappa shape index (κ1) is 18.7. The summed E-state index contributed by atoms with van der Waals surface area (Å²) >= 11 is 1.73. The largest absolute Gasteiger partial charge is 0.348 e. The Kier molecular flexibility index (Phi) is 4.88. The number of aromatic nitrogens is 5. The maximum absolute atomic E-state index is 12.7. The highest BCUT2D eigenvalue weighted by Crippen LogP contribution is 2.32. The Morgan fingerprint density at radius 1 is 1.13 bits per heavy atom. The van der Waals surface area contributed by atoms with Crippen molar-refractivity contribution in [2.45, 2.75) is 19.8 Å². The molecule has 9 heteroatoms. The Morgan fingerprint density at radius 2 is 1.93 bits per heavy atom. The monoisotopic (exact) mass is 419 g/mol. The number of benzene rings is 2. The number of hydrogen-bond donors (Lipinski definition) is 1. The van der Waals surface area contributed by atoms with E-state index in [9.17, 15) is 4.79 Å². The van der Waals surface area contributed by atoms with Crippen LogP contribution in [0.2, 0.25) is 0 Å². The molecule has 1 aliphatic rings. The van der Waals surface area contributed by atoms with Crippen LogP contribution in [0, 0.1) is 12.8 Å². The fourth-order valence-corrected chi connectivity index (χ4v) is 4.82. The van der Waals surface area contributed by atoms with Gasteiger partial charge >= 0.3 is 0 Å². The topological polar surface area (TPSA) is 88.8 Å². The lowest BCUT2D eigenvalue weighted by atomic mass is 9.96. The van der Waals surface area contributed by atoms with Gasteiger partial charge in [-0.2, -0.15) is 0 Å². The predicted octanol–water partition coefficient (Wildman–Crippen LogP) is 3.44. The van der Waals surface area contributed by atoms with E-state index in [2.05, 4.69) is 50.9 Å². The molecular weight excluding hydrogens is 398 g/mol. The minimum atomic E-state index is 0.0112. The highest BCUT2D eigenvalue weighted by Gasteiger charge is 2.26. The quantitative estimate of drug-likeness (QED) is 0.545. The number of thiazole rings is 1. The molecule has 1 fully saturated rings. The number of carbonyl (C=O) groups excluding carboxylic acids is 1. The molecule has 1 aliphatic heterocycles. The van der Waals surface area contributed by atoms with Gasteiger partial charge in [-0.05, 0) is 72.2 Å². The van der Waals surface area contributed by atoms with E-state index in [-0.39, 0.29) is 11.8 Å². The first-order chi connectivity index (χ1) is 14.7. The van der Waals surface area contributed by atoms with Crippen LogP contribution in [0.15, 0.2) is 48.8 Å². The van der Waals surface area contributed by atoms with Crippen LogP contribution in [0.25, 0.3) is 15.9 Å². The highest BCUT2D eigenvalue weighted by atomic mass is 32.1. The molecule has 8 nitrogen and oxygen atoms in total. The molecule has 2 aromatic carbocycles. The Labute approximate surface area is 177 Å². The second-order valence-electron chi connectivity index (χ2n) is 7.52. The molecule has 0 aliphatic carbocycles. The number of fused-ring (bicyclic) bond motifs is 1. The summed E-state index contributed by atoms with van der Waals surface area (Å²) in [5.74, 6) is 0.0850. The number of rotatable bonds is 4. The van der Waals surface area contributed by atoms with Gasteiger partial charge in [0.25, 0.3) is 0 Å². The SMILES string of the molecule is Cc1ccc2nc(N3CCC(C(=O)Nc4ccc(-n5cnnn5)cc4)CC3)sc2c1. The first-order valence-corrected chi connectivity index (χ1v) is 10.7. The molecule has 30 heavy (non-hydrogen) atoms. The van der Waals surface area contributed by atoms with Crippen molar-refractivity contribution in [2.24, 2.45) is 5.92 Å². The van der Waals surface area contributed by atoms with Crippen molar-refractivity contribution < 1.29 is 4.79 Å². The average Bonchev–Trinajstić information content (AvgIpc) is 3.44. The number of amides is 1. The summed E-state index contributed by atoms with van der Waals surface area (Å²) in [6.45, 7) is 3.78. The van der Waals surface area contributed by atoms with Gasteiger partial charge in [0.05, 0.1) is 15.9 Å². The number of piperidine rings is 1. The zero-order valence-corrected chi connectivity index (χ0v) is 17.3. The second-order valence-corrected chi connectivity index (χ2v) is 8.53. The van der Waals surface area contributed by atoms with Crippen LogP contribution in [-0.4, -0.2) is 44.2 Å². The maximum atomic E-state index is 12.7. The van der Waals surface area contributed by atoms with E-state index in [4.69, 9.17) is 4.98 Å². The maximum Gasteiger partial charge on any atom is 0.227 e. The molecule has 2 aromatic heterocycles. The number of anilines is 2. The van der Waals surface area contributed by atoms with Gasteiger partial charge in [0, 0.05) is 24.7 Å². The summed E-state index contributed by atoms with van der Waals surface area (Å²) in [6, 6.07) is 13.8. The lowest BCUT2D eigenvalue weighted by Gasteiger charge is -2.31. The predicted molar refractivity (Wildman–Crippen MR) is 117 cm³/mol. The third-order valence-electron chi connectivity index (χ3n) is 5.42. The Morgan fingerprint density at radius 3 is 2.67 bits per heavy atom. The number of hydrogen-bond acceptors (Lipinski definition) is 7. The van der Waals surface area contributed by atoms with E-state index < -0.39 is 0 Å². The average molecular weight is 420 g/mol. The minimum absolute atomic E-state index is 0.0112. The summed E-state index contributed by atoms with van der Waals surface area (Å²) in [7, 11) is 0. The third-order valence-corrected chi connectivity index (χ3v) is 6.50. The zero-order valence-electron chi connectivity index (χ0n) is 16.5. The van der Waals surface area contributed by atoms with Crippen molar-refractivity contribution in [2.75, 3.05) is 23.3 Å². The molecule has 0 spiro atoms. The fourth-order valence-electron chi connectivity index (χ4n) is 3.71. The molecule has 0 unspecified atom stereocenters. The number of nitrogens with zero attached hydrogens (tertiary/aromatic N) is 6. The molecule has 0 atom stereocenters. The Bertz CT molecular complexity index is 1160. The molecule has 4 aromatic rings. The summed E-state index contributed by atoms with van der Waals surface area (Å²) in [4.78, 5) is 19.8. The molecule has 1 amide bonds. The van der Waals surface area contributed by atoms with Crippen LogP contribution >= 0.6 is 11.3 Å². The molecule has 0 radical (unpaired) electrons. The molecular formula is C21H21N7OS. The molecule has 3 heterocycles. The van der Waals surface area contributed by atoms with Crippen LogP contribution < -0.4 is 10.2 Å². The zero-order chi connectivity index (χ0) is 20.5. The molecule has 1 saturated heterocycles. The fraction of sp³-hybridized carbons (Fsp3) is 0.286. The van der Waals surface area contributed by atoms with Crippen LogP contribution in [-0.2, 0) is 4.79 Å². The van der Waals surface area contributed by atoms with Gasteiger partial charge < -0.3 is 10.2 Å². The highest BCUT2D eigenvalue weighted by molar-refractivity contribution is 7.22. The smallest absolute Gasteiger partial charge is 0.227 e. The van der Waals surface area contributed by atoms with Gasteiger partial charge in [0.15, 0.2) is 5.13 Å². The van der Waals surface area contributed by atoms with Crippen molar-refractivity contribution in [1.82, 2.24) is 25.2 Å². The van der Waals surface area contributed by atoms with Crippen molar-refractivity contribution in [1.29, 1.82) is 0 Å². The van der Waals surface area contributed by atoms with E-state index >= 15 is 0 Å². The number of carbonyl (C=O) groups is 1. The van der Waals surface area contributed by atoms with Crippen LogP contribution in [0.5, 0.6) is 0 Å². The molecule has 0 saturated carbocycles. The molecule has 0 bridgehead atoms. The van der Waals surface area contributed by atoms with Crippen LogP contribution in [0.4, 0.5) is 10.8 Å². The minimum Gasteiger partial charge on any atom is -0.348 e. The Balaban J connectivity index is 1.19. The number of aryl methyl sites for hydroxylation is 1. The van der Waals surface area contributed by atoms with E-state index in [1.54, 1.807) is 16.0 Å². The molecule has 5 rings (SSSR count). The van der Waals surface area contributed by atoms with Gasteiger partial charge in [0.2, 0.25) is 5.91 Å². The normalized spacial score (nSPS) is 14.9. The van der Waals surface area contributed by atoms with E-state index in [1.807, 2.05) is 24.3 Å². The Hall–Kier alpha value is -3.33. The van der Waals surface area contributed by atoms with Crippen molar-refractivity contribution in [3.8, 4) is 5.69 Å².